The maximum Gasteiger partial charge on any atom is 1.00 e. The van der Waals surface area contributed by atoms with Gasteiger partial charge in [0.2, 0.25) is 0 Å². The Hall–Kier alpha value is -6.54. The SMILES string of the molecule is CC(=O)OCCCCCc1nc2c(=O)n(C)c(=O)n(CC(C)C)c2nc1COc1cccc2cnccc12.CC(C)Cn1c(=O)n(C)c(=O)c2nc(CCCCCO)c(COc3cccc4cnccc34)nc21.[C-]#N.[K+]. The van der Waals surface area contributed by atoms with Crippen molar-refractivity contribution in [2.75, 3.05) is 13.2 Å². The van der Waals surface area contributed by atoms with Crippen LogP contribution < -0.4 is 83.4 Å². The Bertz CT molecular complexity index is 3540. The molecule has 20 nitrogen and oxygen atoms in total. The van der Waals surface area contributed by atoms with E-state index in [9.17, 15) is 24.0 Å². The number of esters is 1. The summed E-state index contributed by atoms with van der Waals surface area (Å²) in [6.45, 7) is 15.8. The first kappa shape index (κ1) is 60.3. The van der Waals surface area contributed by atoms with E-state index in [0.717, 1.165) is 62.8 Å². The number of aliphatic hydroxyl groups is 1. The van der Waals surface area contributed by atoms with E-state index in [4.69, 9.17) is 51.1 Å². The Kier molecular flexibility index (Phi) is 23.1. The summed E-state index contributed by atoms with van der Waals surface area (Å²) in [5.41, 5.74) is 1.65. The summed E-state index contributed by atoms with van der Waals surface area (Å²) in [5, 5.41) is 19.2. The van der Waals surface area contributed by atoms with Crippen molar-refractivity contribution in [2.45, 2.75) is 112 Å². The minimum atomic E-state index is -0.470. The molecule has 21 heteroatoms. The molecule has 0 saturated heterocycles. The largest absolute Gasteiger partial charge is 1.00 e. The first-order chi connectivity index (χ1) is 36.2. The maximum atomic E-state index is 13.0. The summed E-state index contributed by atoms with van der Waals surface area (Å²) in [6, 6.07) is 15.3. The molecular formula is C55H64KN11O9. The van der Waals surface area contributed by atoms with Crippen LogP contribution in [0.1, 0.15) is 95.9 Å². The van der Waals surface area contributed by atoms with Crippen LogP contribution in [0.3, 0.4) is 0 Å². The van der Waals surface area contributed by atoms with Crippen LogP contribution in [-0.4, -0.2) is 72.5 Å². The van der Waals surface area contributed by atoms with Gasteiger partial charge in [-0.15, -0.1) is 0 Å². The number of aromatic nitrogens is 10. The topological polar surface area (TPSA) is 254 Å². The summed E-state index contributed by atoms with van der Waals surface area (Å²) in [7, 11) is 2.93. The molecule has 394 valence electrons. The van der Waals surface area contributed by atoms with Gasteiger partial charge in [-0.1, -0.05) is 58.4 Å². The fourth-order valence-electron chi connectivity index (χ4n) is 8.48. The van der Waals surface area contributed by atoms with Crippen LogP contribution in [0.15, 0.2) is 92.5 Å². The predicted octanol–water partition coefficient (Wildman–Crippen LogP) is 3.63. The standard InChI is InChI=1S/C28H33N5O5.C26H31N5O4.CN.K/c1-18(2)16-33-26-25(27(35)32(4)28(33)36)30-22(10-6-5-7-14-37-19(3)34)23(31-26)17-38-24-11-8-9-20-15-29-13-12-21(20)24;1-17(2)15-31-24-23(25(33)30(3)26(31)34)28-20(9-5-4-6-13-32)21(29-24)16-35-22-10-7-8-18-14-27-12-11-19(18)22;1-2;/h8-9,11-13,15,18H,5-7,10,14,16-17H2,1-4H3;7-8,10-12,14,17,32H,4-6,9,13,15-16H2,1-3H3;;/q;;-1;+1. The van der Waals surface area contributed by atoms with Crippen molar-refractivity contribution in [3.05, 3.63) is 144 Å². The fraction of sp³-hybridized carbons (Fsp3) is 0.418. The number of carbonyl (C=O) groups is 1. The van der Waals surface area contributed by atoms with Crippen LogP contribution >= 0.6 is 0 Å². The minimum absolute atomic E-state index is 0. The van der Waals surface area contributed by atoms with Gasteiger partial charge in [-0.2, -0.15) is 0 Å². The predicted molar refractivity (Wildman–Crippen MR) is 284 cm³/mol. The maximum absolute atomic E-state index is 13.0. The summed E-state index contributed by atoms with van der Waals surface area (Å²) in [6.07, 6.45) is 12.8. The molecule has 6 heterocycles. The van der Waals surface area contributed by atoms with Gasteiger partial charge in [0.05, 0.1) is 18.0 Å². The van der Waals surface area contributed by atoms with Crippen LogP contribution in [0, 0.1) is 23.7 Å². The monoisotopic (exact) mass is 1060 g/mol. The number of rotatable bonds is 21. The molecule has 0 radical (unpaired) electrons. The number of nitrogens with zero attached hydrogens (tertiary/aromatic N) is 11. The van der Waals surface area contributed by atoms with E-state index in [0.29, 0.717) is 73.2 Å². The number of hydrogen-bond acceptors (Lipinski definition) is 16. The zero-order valence-corrected chi connectivity index (χ0v) is 47.7. The van der Waals surface area contributed by atoms with Gasteiger partial charge in [-0.3, -0.25) is 42.6 Å². The second-order valence-electron chi connectivity index (χ2n) is 18.8. The number of benzene rings is 2. The first-order valence-corrected chi connectivity index (χ1v) is 25.0. The number of hydrogen-bond donors (Lipinski definition) is 1. The van der Waals surface area contributed by atoms with E-state index in [2.05, 4.69) is 9.97 Å². The van der Waals surface area contributed by atoms with Gasteiger partial charge in [0.15, 0.2) is 22.3 Å². The van der Waals surface area contributed by atoms with Gasteiger partial charge >= 0.3 is 68.7 Å². The van der Waals surface area contributed by atoms with Crippen molar-refractivity contribution >= 4 is 49.8 Å². The number of pyridine rings is 2. The molecule has 0 fully saturated rings. The molecule has 8 rings (SSSR count). The van der Waals surface area contributed by atoms with Crippen molar-refractivity contribution in [1.82, 2.24) is 48.2 Å². The molecule has 0 aliphatic rings. The Morgan fingerprint density at radius 3 is 1.46 bits per heavy atom. The molecule has 0 unspecified atom stereocenters. The van der Waals surface area contributed by atoms with Crippen LogP contribution in [0.5, 0.6) is 11.5 Å². The molecule has 6 aromatic heterocycles. The average molecular weight is 1060 g/mol. The number of carbonyl (C=O) groups excluding carboxylic acids is 1. The van der Waals surface area contributed by atoms with E-state index < -0.39 is 22.5 Å². The van der Waals surface area contributed by atoms with Crippen molar-refractivity contribution in [1.29, 1.82) is 5.26 Å². The molecule has 0 atom stereocenters. The zero-order chi connectivity index (χ0) is 54.2. The third kappa shape index (κ3) is 15.1. The van der Waals surface area contributed by atoms with Gasteiger partial charge in [0, 0.05) is 87.0 Å². The number of aliphatic hydroxyl groups excluding tert-OH is 1. The number of ether oxygens (including phenoxy) is 3. The second kappa shape index (κ2) is 29.1. The normalized spacial score (nSPS) is 11.1. The van der Waals surface area contributed by atoms with Crippen LogP contribution in [0.2, 0.25) is 0 Å². The summed E-state index contributed by atoms with van der Waals surface area (Å²) in [4.78, 5) is 90.2. The molecule has 8 aromatic rings. The molecule has 0 spiro atoms. The number of unbranched alkanes of at least 4 members (excludes halogenated alkanes) is 4. The Labute approximate surface area is 482 Å². The van der Waals surface area contributed by atoms with E-state index in [-0.39, 0.29) is 111 Å². The molecule has 0 bridgehead atoms. The van der Waals surface area contributed by atoms with Crippen molar-refractivity contribution in [2.24, 2.45) is 25.9 Å². The number of aryl methyl sites for hydroxylation is 2. The summed E-state index contributed by atoms with van der Waals surface area (Å²) >= 11 is 0. The first-order valence-electron chi connectivity index (χ1n) is 25.0. The van der Waals surface area contributed by atoms with Crippen molar-refractivity contribution in [3.8, 4) is 11.5 Å². The molecular weight excluding hydrogens is 998 g/mol. The Balaban J connectivity index is 0.000000269. The van der Waals surface area contributed by atoms with Crippen molar-refractivity contribution in [3.63, 3.8) is 0 Å². The molecule has 0 amide bonds. The second-order valence-corrected chi connectivity index (χ2v) is 18.8. The van der Waals surface area contributed by atoms with Crippen LogP contribution in [-0.2, 0) is 62.8 Å². The third-order valence-electron chi connectivity index (χ3n) is 12.2. The zero-order valence-electron chi connectivity index (χ0n) is 44.6. The quantitative estimate of drug-likeness (QED) is 0.0467. The molecule has 0 aliphatic carbocycles. The molecule has 2 aromatic carbocycles. The number of fused-ring (bicyclic) bond motifs is 4. The van der Waals surface area contributed by atoms with Gasteiger partial charge in [0.25, 0.3) is 11.1 Å². The third-order valence-corrected chi connectivity index (χ3v) is 12.2. The van der Waals surface area contributed by atoms with Crippen LogP contribution in [0.4, 0.5) is 0 Å². The van der Waals surface area contributed by atoms with Gasteiger partial charge in [-0.25, -0.2) is 29.5 Å². The van der Waals surface area contributed by atoms with Crippen molar-refractivity contribution < 1.29 is 75.5 Å². The van der Waals surface area contributed by atoms with E-state index in [1.54, 1.807) is 24.8 Å². The summed E-state index contributed by atoms with van der Waals surface area (Å²) in [5.74, 6) is 1.43. The molecule has 76 heavy (non-hydrogen) atoms. The van der Waals surface area contributed by atoms with E-state index in [1.165, 1.54) is 30.2 Å². The smallest absolute Gasteiger partial charge is 0.512 e. The van der Waals surface area contributed by atoms with E-state index in [1.807, 2.05) is 76.2 Å². The van der Waals surface area contributed by atoms with Gasteiger partial charge in [0.1, 0.15) is 36.1 Å². The average Bonchev–Trinajstić information content (AvgIpc) is 3.41. The fourth-order valence-corrected chi connectivity index (χ4v) is 8.48. The molecule has 1 N–H and O–H groups in total. The molecule has 0 aliphatic heterocycles. The minimum Gasteiger partial charge on any atom is -0.512 e. The van der Waals surface area contributed by atoms with Gasteiger partial charge in [-0.05, 0) is 81.0 Å². The Morgan fingerprint density at radius 2 is 1.05 bits per heavy atom. The van der Waals surface area contributed by atoms with Crippen LogP contribution in [0.25, 0.3) is 43.9 Å². The Morgan fingerprint density at radius 1 is 0.618 bits per heavy atom. The van der Waals surface area contributed by atoms with E-state index >= 15 is 0 Å². The van der Waals surface area contributed by atoms with Gasteiger partial charge < -0.3 is 31.2 Å². The summed E-state index contributed by atoms with van der Waals surface area (Å²) < 4.78 is 22.6. The molecule has 0 saturated carbocycles.